The summed E-state index contributed by atoms with van der Waals surface area (Å²) < 4.78 is 26.6. The first kappa shape index (κ1) is 28.0. The van der Waals surface area contributed by atoms with Crippen molar-refractivity contribution in [3.05, 3.63) is 46.2 Å². The predicted molar refractivity (Wildman–Crippen MR) is 148 cm³/mol. The van der Waals surface area contributed by atoms with Gasteiger partial charge in [-0.15, -0.1) is 10.2 Å². The summed E-state index contributed by atoms with van der Waals surface area (Å²) in [6, 6.07) is 1.72. The van der Waals surface area contributed by atoms with Gasteiger partial charge in [-0.25, -0.2) is 4.39 Å². The van der Waals surface area contributed by atoms with Gasteiger partial charge in [-0.05, 0) is 64.4 Å². The van der Waals surface area contributed by atoms with E-state index in [0.29, 0.717) is 11.3 Å². The molecule has 40 heavy (non-hydrogen) atoms. The van der Waals surface area contributed by atoms with E-state index in [1.54, 1.807) is 24.9 Å². The van der Waals surface area contributed by atoms with Gasteiger partial charge in [-0.2, -0.15) is 0 Å². The lowest BCUT2D eigenvalue weighted by molar-refractivity contribution is 0.00590. The normalized spacial score (nSPS) is 18.8. The van der Waals surface area contributed by atoms with Crippen LogP contribution >= 0.6 is 11.3 Å². The Labute approximate surface area is 236 Å². The fourth-order valence-corrected chi connectivity index (χ4v) is 5.64. The number of carbonyl (C=O) groups excluding carboxylic acids is 2. The number of amides is 2. The second kappa shape index (κ2) is 11.9. The van der Waals surface area contributed by atoms with E-state index < -0.39 is 11.7 Å². The van der Waals surface area contributed by atoms with Crippen LogP contribution in [-0.2, 0) is 4.74 Å². The minimum atomic E-state index is -0.589. The number of halogens is 1. The van der Waals surface area contributed by atoms with Crippen LogP contribution < -0.4 is 10.1 Å². The van der Waals surface area contributed by atoms with Gasteiger partial charge < -0.3 is 14.4 Å². The molecule has 0 radical (unpaired) electrons. The van der Waals surface area contributed by atoms with Crippen LogP contribution in [0.1, 0.15) is 70.1 Å². The standard InChI is InChI=1S/C28H33FN6O4S/c1-15-11-20(23-22(38-4)13-31-16(2)24(23)29)21(12-30-15)25(36)32-28-34-33-26(40-28)27(37)35(3)18-7-9-19(10-8-18)39-14-17-5-6-17/h11-13,17-19H,5-10,14H2,1-4H3,(H,32,34,36). The summed E-state index contributed by atoms with van der Waals surface area (Å²) in [7, 11) is 3.19. The van der Waals surface area contributed by atoms with Crippen LogP contribution in [0.3, 0.4) is 0 Å². The third-order valence-electron chi connectivity index (χ3n) is 7.54. The van der Waals surface area contributed by atoms with E-state index in [4.69, 9.17) is 9.47 Å². The number of aromatic nitrogens is 4. The first-order valence-electron chi connectivity index (χ1n) is 13.4. The van der Waals surface area contributed by atoms with Crippen molar-refractivity contribution in [2.24, 2.45) is 5.92 Å². The molecule has 3 heterocycles. The molecule has 2 fully saturated rings. The van der Waals surface area contributed by atoms with Crippen LogP contribution in [0.4, 0.5) is 9.52 Å². The zero-order valence-electron chi connectivity index (χ0n) is 23.1. The van der Waals surface area contributed by atoms with Gasteiger partial charge in [0, 0.05) is 37.2 Å². The van der Waals surface area contributed by atoms with Crippen LogP contribution in [0.15, 0.2) is 18.5 Å². The Morgan fingerprint density at radius 3 is 2.55 bits per heavy atom. The molecule has 0 spiro atoms. The molecule has 2 aliphatic rings. The molecular formula is C28H33FN6O4S. The predicted octanol–water partition coefficient (Wildman–Crippen LogP) is 4.82. The van der Waals surface area contributed by atoms with Crippen LogP contribution in [0.5, 0.6) is 5.75 Å². The highest BCUT2D eigenvalue weighted by atomic mass is 32.1. The Morgan fingerprint density at radius 2 is 1.85 bits per heavy atom. The summed E-state index contributed by atoms with van der Waals surface area (Å²) in [5.41, 5.74) is 1.31. The van der Waals surface area contributed by atoms with Gasteiger partial charge in [0.15, 0.2) is 5.82 Å². The average Bonchev–Trinajstić information content (AvgIpc) is 3.68. The van der Waals surface area contributed by atoms with Gasteiger partial charge in [0.2, 0.25) is 10.1 Å². The first-order chi connectivity index (χ1) is 19.2. The van der Waals surface area contributed by atoms with Crippen LogP contribution in [-0.4, -0.2) is 69.8 Å². The van der Waals surface area contributed by atoms with Gasteiger partial charge in [0.25, 0.3) is 11.8 Å². The molecule has 212 valence electrons. The maximum Gasteiger partial charge on any atom is 0.284 e. The van der Waals surface area contributed by atoms with Crippen molar-refractivity contribution in [2.75, 3.05) is 26.1 Å². The maximum atomic E-state index is 15.2. The molecule has 3 aromatic heterocycles. The molecule has 0 unspecified atom stereocenters. The Bertz CT molecular complexity index is 1400. The van der Waals surface area contributed by atoms with Crippen molar-refractivity contribution in [3.8, 4) is 16.9 Å². The van der Waals surface area contributed by atoms with Crippen LogP contribution in [0, 0.1) is 25.6 Å². The molecule has 10 nitrogen and oxygen atoms in total. The van der Waals surface area contributed by atoms with Crippen molar-refractivity contribution >= 4 is 28.3 Å². The number of aryl methyl sites for hydroxylation is 2. The molecule has 5 rings (SSSR count). The summed E-state index contributed by atoms with van der Waals surface area (Å²) >= 11 is 0.994. The van der Waals surface area contributed by atoms with Gasteiger partial charge in [0.1, 0.15) is 5.75 Å². The lowest BCUT2D eigenvalue weighted by Crippen LogP contribution is -2.40. The Hall–Kier alpha value is -3.51. The van der Waals surface area contributed by atoms with Crippen LogP contribution in [0.25, 0.3) is 11.1 Å². The summed E-state index contributed by atoms with van der Waals surface area (Å²) in [5.74, 6) is -0.456. The number of nitrogens with zero attached hydrogens (tertiary/aromatic N) is 5. The Morgan fingerprint density at radius 1 is 1.10 bits per heavy atom. The molecule has 2 amide bonds. The van der Waals surface area contributed by atoms with Crippen molar-refractivity contribution in [2.45, 2.75) is 64.5 Å². The molecule has 0 atom stereocenters. The molecule has 0 bridgehead atoms. The number of ether oxygens (including phenoxy) is 2. The van der Waals surface area contributed by atoms with Crippen molar-refractivity contribution in [1.29, 1.82) is 0 Å². The van der Waals surface area contributed by atoms with E-state index in [9.17, 15) is 9.59 Å². The number of nitrogens with one attached hydrogen (secondary N) is 1. The number of pyridine rings is 2. The van der Waals surface area contributed by atoms with E-state index in [0.717, 1.165) is 49.5 Å². The quantitative estimate of drug-likeness (QED) is 0.390. The number of carbonyl (C=O) groups is 2. The van der Waals surface area contributed by atoms with E-state index >= 15 is 4.39 Å². The van der Waals surface area contributed by atoms with E-state index in [1.165, 1.54) is 39.3 Å². The Kier molecular flexibility index (Phi) is 8.36. The molecule has 2 saturated carbocycles. The largest absolute Gasteiger partial charge is 0.494 e. The van der Waals surface area contributed by atoms with Gasteiger partial charge >= 0.3 is 0 Å². The minimum Gasteiger partial charge on any atom is -0.494 e. The fraction of sp³-hybridized carbons (Fsp3) is 0.500. The highest BCUT2D eigenvalue weighted by Gasteiger charge is 2.31. The minimum absolute atomic E-state index is 0.102. The highest BCUT2D eigenvalue weighted by Crippen LogP contribution is 2.36. The second-order valence-corrected chi connectivity index (χ2v) is 11.4. The number of methoxy groups -OCH3 is 1. The van der Waals surface area contributed by atoms with Crippen LogP contribution in [0.2, 0.25) is 0 Å². The molecular weight excluding hydrogens is 535 g/mol. The zero-order valence-corrected chi connectivity index (χ0v) is 23.9. The average molecular weight is 569 g/mol. The Balaban J connectivity index is 1.27. The smallest absolute Gasteiger partial charge is 0.284 e. The van der Waals surface area contributed by atoms with E-state index in [1.807, 2.05) is 0 Å². The van der Waals surface area contributed by atoms with Gasteiger partial charge in [-0.1, -0.05) is 11.3 Å². The van der Waals surface area contributed by atoms with Gasteiger partial charge in [-0.3, -0.25) is 24.9 Å². The fourth-order valence-electron chi connectivity index (χ4n) is 4.92. The first-order valence-corrected chi connectivity index (χ1v) is 14.3. The molecule has 0 aliphatic heterocycles. The second-order valence-electron chi connectivity index (χ2n) is 10.5. The SMILES string of the molecule is COc1cnc(C)c(F)c1-c1cc(C)ncc1C(=O)Nc1nnc(C(=O)N(C)C2CCC(OCC3CC3)CC2)s1. The molecule has 0 aromatic carbocycles. The molecule has 2 aliphatic carbocycles. The van der Waals surface area contributed by atoms with E-state index in [-0.39, 0.29) is 50.8 Å². The van der Waals surface area contributed by atoms with Crippen molar-refractivity contribution in [1.82, 2.24) is 25.1 Å². The lowest BCUT2D eigenvalue weighted by Gasteiger charge is -2.34. The third-order valence-corrected chi connectivity index (χ3v) is 8.36. The monoisotopic (exact) mass is 568 g/mol. The van der Waals surface area contributed by atoms with Crippen molar-refractivity contribution in [3.63, 3.8) is 0 Å². The third kappa shape index (κ3) is 6.12. The molecule has 3 aromatic rings. The number of rotatable bonds is 9. The molecule has 12 heteroatoms. The highest BCUT2D eigenvalue weighted by molar-refractivity contribution is 7.17. The number of hydrogen-bond acceptors (Lipinski definition) is 9. The van der Waals surface area contributed by atoms with Gasteiger partial charge in [0.05, 0.1) is 36.2 Å². The number of hydrogen-bond donors (Lipinski definition) is 1. The van der Waals surface area contributed by atoms with Crippen molar-refractivity contribution < 1.29 is 23.5 Å². The summed E-state index contributed by atoms with van der Waals surface area (Å²) in [4.78, 5) is 36.4. The zero-order chi connectivity index (χ0) is 28.4. The molecule has 0 saturated heterocycles. The summed E-state index contributed by atoms with van der Waals surface area (Å²) in [5, 5.41) is 11.1. The number of anilines is 1. The topological polar surface area (TPSA) is 119 Å². The lowest BCUT2D eigenvalue weighted by atomic mass is 9.92. The summed E-state index contributed by atoms with van der Waals surface area (Å²) in [6.45, 7) is 4.14. The molecule has 1 N–H and O–H groups in total. The van der Waals surface area contributed by atoms with E-state index in [2.05, 4.69) is 25.5 Å². The maximum absolute atomic E-state index is 15.2. The summed E-state index contributed by atoms with van der Waals surface area (Å²) in [6.07, 6.45) is 9.22.